The summed E-state index contributed by atoms with van der Waals surface area (Å²) in [7, 11) is 1.60. The lowest BCUT2D eigenvalue weighted by atomic mass is 9.88. The van der Waals surface area contributed by atoms with E-state index in [0.717, 1.165) is 9.13 Å². The van der Waals surface area contributed by atoms with Crippen molar-refractivity contribution >= 4 is 34.4 Å². The van der Waals surface area contributed by atoms with Crippen LogP contribution in [0.4, 0.5) is 0 Å². The maximum Gasteiger partial charge on any atom is 0.248 e. The first-order valence-corrected chi connectivity index (χ1v) is 13.6. The Kier molecular flexibility index (Phi) is 11.8. The fourth-order valence-electron chi connectivity index (χ4n) is 4.29. The van der Waals surface area contributed by atoms with E-state index in [4.69, 9.17) is 19.3 Å². The molecule has 38 heavy (non-hydrogen) atoms. The summed E-state index contributed by atoms with van der Waals surface area (Å²) < 4.78 is 17.7. The third-order valence-corrected chi connectivity index (χ3v) is 7.13. The summed E-state index contributed by atoms with van der Waals surface area (Å²) in [6.45, 7) is 2.22. The maximum absolute atomic E-state index is 13.3. The third kappa shape index (κ3) is 8.16. The quantitative estimate of drug-likeness (QED) is 0.289. The van der Waals surface area contributed by atoms with Crippen molar-refractivity contribution in [3.8, 4) is 11.5 Å². The Bertz CT molecular complexity index is 1110. The summed E-state index contributed by atoms with van der Waals surface area (Å²) in [4.78, 5) is 27.8. The van der Waals surface area contributed by atoms with Crippen LogP contribution in [0.5, 0.6) is 11.5 Å². The molecule has 3 N–H and O–H groups in total. The maximum atomic E-state index is 13.3. The number of carbonyl (C=O) groups is 2. The van der Waals surface area contributed by atoms with Crippen LogP contribution in [0.25, 0.3) is 0 Å². The number of hydrogen-bond donors (Lipinski definition) is 3. The smallest absolute Gasteiger partial charge is 0.248 e. The molecule has 3 atom stereocenters. The van der Waals surface area contributed by atoms with E-state index in [1.807, 2.05) is 42.5 Å². The molecule has 2 aromatic carbocycles. The first-order valence-electron chi connectivity index (χ1n) is 12.6. The second kappa shape index (κ2) is 15.1. The lowest BCUT2D eigenvalue weighted by molar-refractivity contribution is -0.143. The number of rotatable bonds is 13. The number of aliphatic hydroxyl groups excluding tert-OH is 2. The van der Waals surface area contributed by atoms with Gasteiger partial charge < -0.3 is 34.6 Å². The van der Waals surface area contributed by atoms with E-state index in [0.29, 0.717) is 36.6 Å². The highest BCUT2D eigenvalue weighted by atomic mass is 127. The standard InChI is InChI=1S/C28H35IN2O7/c1-3-37-18-26(33)31(13-11-19-7-6-8-21(15-19)36-2)23-16-20(28(35)30-12-14-32)17-25(27(23)34)38-24-10-5-4-9-22(24)29/h4-10,15,17,23,25,27,32,34H,3,11-14,16,18H2,1-2H3,(H,30,35). The van der Waals surface area contributed by atoms with Gasteiger partial charge in [-0.3, -0.25) is 9.59 Å². The summed E-state index contributed by atoms with van der Waals surface area (Å²) in [5.74, 6) is 0.609. The number of nitrogens with zero attached hydrogens (tertiary/aromatic N) is 1. The fourth-order valence-corrected chi connectivity index (χ4v) is 4.81. The molecule has 0 fully saturated rings. The summed E-state index contributed by atoms with van der Waals surface area (Å²) >= 11 is 2.14. The number of carbonyl (C=O) groups excluding carboxylic acids is 2. The van der Waals surface area contributed by atoms with Crippen LogP contribution in [0.1, 0.15) is 18.9 Å². The van der Waals surface area contributed by atoms with E-state index < -0.39 is 18.2 Å². The highest BCUT2D eigenvalue weighted by molar-refractivity contribution is 14.1. The van der Waals surface area contributed by atoms with Crippen molar-refractivity contribution in [3.05, 3.63) is 69.3 Å². The van der Waals surface area contributed by atoms with Gasteiger partial charge in [-0.25, -0.2) is 0 Å². The topological polar surface area (TPSA) is 118 Å². The average Bonchev–Trinajstić information content (AvgIpc) is 2.93. The molecular formula is C28H35IN2O7. The predicted octanol–water partition coefficient (Wildman–Crippen LogP) is 2.32. The second-order valence-electron chi connectivity index (χ2n) is 8.77. The minimum atomic E-state index is -1.10. The molecular weight excluding hydrogens is 603 g/mol. The number of hydrogen-bond acceptors (Lipinski definition) is 7. The molecule has 9 nitrogen and oxygen atoms in total. The fraction of sp³-hybridized carbons (Fsp3) is 0.429. The monoisotopic (exact) mass is 638 g/mol. The summed E-state index contributed by atoms with van der Waals surface area (Å²) in [6, 6.07) is 14.2. The Labute approximate surface area is 236 Å². The van der Waals surface area contributed by atoms with Gasteiger partial charge >= 0.3 is 0 Å². The molecule has 0 bridgehead atoms. The van der Waals surface area contributed by atoms with Crippen LogP contribution < -0.4 is 14.8 Å². The predicted molar refractivity (Wildman–Crippen MR) is 151 cm³/mol. The largest absolute Gasteiger partial charge is 0.497 e. The molecule has 0 saturated heterocycles. The van der Waals surface area contributed by atoms with E-state index in [1.165, 1.54) is 0 Å². The van der Waals surface area contributed by atoms with Gasteiger partial charge in [0.2, 0.25) is 11.8 Å². The number of aliphatic hydroxyl groups is 2. The highest BCUT2D eigenvalue weighted by Crippen LogP contribution is 2.30. The minimum Gasteiger partial charge on any atom is -0.497 e. The molecule has 10 heteroatoms. The molecule has 0 radical (unpaired) electrons. The molecule has 206 valence electrons. The SMILES string of the molecule is CCOCC(=O)N(CCc1cccc(OC)c1)C1CC(C(=O)NCCO)=CC(Oc2ccccc2I)C1O. The van der Waals surface area contributed by atoms with Crippen molar-refractivity contribution < 1.29 is 34.0 Å². The molecule has 1 aliphatic carbocycles. The van der Waals surface area contributed by atoms with Gasteiger partial charge in [0, 0.05) is 31.7 Å². The van der Waals surface area contributed by atoms with Crippen LogP contribution in [0, 0.1) is 3.57 Å². The molecule has 3 rings (SSSR count). The van der Waals surface area contributed by atoms with Gasteiger partial charge in [-0.2, -0.15) is 0 Å². The zero-order chi connectivity index (χ0) is 27.5. The Hall–Kier alpha value is -2.67. The Morgan fingerprint density at radius 3 is 2.68 bits per heavy atom. The van der Waals surface area contributed by atoms with Crippen LogP contribution in [0.3, 0.4) is 0 Å². The zero-order valence-corrected chi connectivity index (χ0v) is 23.8. The van der Waals surface area contributed by atoms with Gasteiger partial charge in [0.15, 0.2) is 0 Å². The number of para-hydroxylation sites is 1. The second-order valence-corrected chi connectivity index (χ2v) is 9.93. The number of halogens is 1. The third-order valence-electron chi connectivity index (χ3n) is 6.24. The van der Waals surface area contributed by atoms with Crippen LogP contribution in [-0.4, -0.2) is 85.2 Å². The van der Waals surface area contributed by atoms with E-state index in [1.54, 1.807) is 31.1 Å². The molecule has 0 saturated carbocycles. The van der Waals surface area contributed by atoms with Gasteiger partial charge in [0.05, 0.1) is 23.3 Å². The molecule has 2 amide bonds. The molecule has 2 aromatic rings. The molecule has 1 aliphatic rings. The highest BCUT2D eigenvalue weighted by Gasteiger charge is 2.40. The van der Waals surface area contributed by atoms with Gasteiger partial charge in [-0.1, -0.05) is 24.3 Å². The normalized spacial score (nSPS) is 18.9. The average molecular weight is 638 g/mol. The van der Waals surface area contributed by atoms with Gasteiger partial charge in [-0.05, 0) is 71.8 Å². The van der Waals surface area contributed by atoms with E-state index >= 15 is 0 Å². The number of nitrogens with one attached hydrogen (secondary N) is 1. The van der Waals surface area contributed by atoms with Gasteiger partial charge in [-0.15, -0.1) is 0 Å². The number of methoxy groups -OCH3 is 1. The number of amides is 2. The summed E-state index contributed by atoms with van der Waals surface area (Å²) in [5.41, 5.74) is 1.34. The first-order chi connectivity index (χ1) is 18.4. The lowest BCUT2D eigenvalue weighted by Gasteiger charge is -2.40. The Morgan fingerprint density at radius 1 is 1.18 bits per heavy atom. The van der Waals surface area contributed by atoms with Gasteiger partial charge in [0.1, 0.15) is 30.3 Å². The van der Waals surface area contributed by atoms with Crippen molar-refractivity contribution in [2.75, 3.05) is 40.0 Å². The number of benzene rings is 2. The van der Waals surface area contributed by atoms with Crippen LogP contribution in [-0.2, 0) is 20.7 Å². The van der Waals surface area contributed by atoms with Crippen molar-refractivity contribution in [3.63, 3.8) is 0 Å². The Morgan fingerprint density at radius 2 is 1.97 bits per heavy atom. The van der Waals surface area contributed by atoms with Crippen LogP contribution in [0.15, 0.2) is 60.2 Å². The van der Waals surface area contributed by atoms with E-state index in [-0.39, 0.29) is 38.0 Å². The van der Waals surface area contributed by atoms with E-state index in [9.17, 15) is 14.7 Å². The van der Waals surface area contributed by atoms with Crippen LogP contribution in [0.2, 0.25) is 0 Å². The Balaban J connectivity index is 1.92. The van der Waals surface area contributed by atoms with Crippen molar-refractivity contribution in [1.82, 2.24) is 10.2 Å². The van der Waals surface area contributed by atoms with Crippen molar-refractivity contribution in [2.24, 2.45) is 0 Å². The summed E-state index contributed by atoms with van der Waals surface area (Å²) in [6.07, 6.45) is 0.260. The molecule has 0 aliphatic heterocycles. The summed E-state index contributed by atoms with van der Waals surface area (Å²) in [5, 5.41) is 23.3. The molecule has 0 spiro atoms. The lowest BCUT2D eigenvalue weighted by Crippen LogP contribution is -2.56. The van der Waals surface area contributed by atoms with Crippen LogP contribution >= 0.6 is 22.6 Å². The molecule has 3 unspecified atom stereocenters. The first kappa shape index (κ1) is 29.9. The molecule has 0 heterocycles. The minimum absolute atomic E-state index is 0.0916. The van der Waals surface area contributed by atoms with Crippen molar-refractivity contribution in [2.45, 2.75) is 38.0 Å². The zero-order valence-electron chi connectivity index (χ0n) is 21.6. The molecule has 0 aromatic heterocycles. The number of ether oxygens (including phenoxy) is 3. The van der Waals surface area contributed by atoms with E-state index in [2.05, 4.69) is 27.9 Å². The van der Waals surface area contributed by atoms with Gasteiger partial charge in [0.25, 0.3) is 0 Å². The van der Waals surface area contributed by atoms with Crippen molar-refractivity contribution in [1.29, 1.82) is 0 Å².